The Morgan fingerprint density at radius 3 is 0.810 bits per heavy atom. The molecule has 8 aromatic carbocycles. The lowest BCUT2D eigenvalue weighted by Crippen LogP contribution is -1.92. The number of hydrogen-bond acceptors (Lipinski definition) is 18. The lowest BCUT2D eigenvalue weighted by molar-refractivity contribution is 0.371. The molecule has 2 aliphatic heterocycles. The first-order valence-electron chi connectivity index (χ1n) is 26.1. The topological polar surface area (TPSA) is 220 Å². The van der Waals surface area contributed by atoms with Crippen molar-refractivity contribution < 1.29 is 56.8 Å². The summed E-state index contributed by atoms with van der Waals surface area (Å²) < 4.78 is 71.0. The van der Waals surface area contributed by atoms with Crippen LogP contribution in [0.3, 0.4) is 0 Å². The van der Waals surface area contributed by atoms with Gasteiger partial charge < -0.3 is 66.8 Å². The summed E-state index contributed by atoms with van der Waals surface area (Å²) in [7, 11) is 12.7. The minimum absolute atomic E-state index is 0.323. The molecule has 418 valence electrons. The predicted octanol–water partition coefficient (Wildman–Crippen LogP) is 14.1. The van der Waals surface area contributed by atoms with Crippen molar-refractivity contribution in [2.45, 2.75) is 0 Å². The van der Waals surface area contributed by atoms with E-state index >= 15 is 0 Å². The van der Waals surface area contributed by atoms with E-state index in [2.05, 4.69) is 9.97 Å². The first-order valence-corrected chi connectivity index (χ1v) is 26.1. The van der Waals surface area contributed by atoms with Crippen LogP contribution in [0.25, 0.3) is 89.7 Å². The van der Waals surface area contributed by atoms with Crippen molar-refractivity contribution in [2.24, 2.45) is 0 Å². The number of methoxy groups -OCH3 is 8. The number of benzene rings is 8. The maximum atomic E-state index is 6.53. The van der Waals surface area contributed by atoms with Crippen LogP contribution in [0.4, 0.5) is 0 Å². The SMILES string of the molecule is COc1ccc(OC)c(Oc2ccc3c(c2)-c2nc-3nc3[nH]c(nc4nc(nc5[nH]c(n2)c2ccc(Oc6cc(OC)ccc6OC)cc52)-c2ccc(Oc5cc(OC)ccc5OC)cc2-4)c2ccc(Oc4cc(OC)ccc4OC)cc32)c1. The Morgan fingerprint density at radius 2 is 0.500 bits per heavy atom. The summed E-state index contributed by atoms with van der Waals surface area (Å²) in [6, 6.07) is 43.7. The quantitative estimate of drug-likeness (QED) is 0.0918. The molecule has 20 heteroatoms. The fourth-order valence-corrected chi connectivity index (χ4v) is 9.93. The van der Waals surface area contributed by atoms with E-state index in [1.165, 1.54) is 0 Å². The van der Waals surface area contributed by atoms with E-state index in [0.717, 1.165) is 0 Å². The summed E-state index contributed by atoms with van der Waals surface area (Å²) >= 11 is 0. The van der Waals surface area contributed by atoms with Gasteiger partial charge in [-0.05, 0) is 121 Å². The number of fused-ring (bicyclic) bond motifs is 20. The van der Waals surface area contributed by atoms with Gasteiger partial charge in [0.05, 0.1) is 56.9 Å². The zero-order valence-electron chi connectivity index (χ0n) is 46.4. The van der Waals surface area contributed by atoms with E-state index in [4.69, 9.17) is 86.7 Å². The number of hydrogen-bond donors (Lipinski definition) is 2. The predicted molar refractivity (Wildman–Crippen MR) is 315 cm³/mol. The molecular formula is C64H50N8O12. The fraction of sp³-hybridized carbons (Fsp3) is 0.125. The summed E-state index contributed by atoms with van der Waals surface area (Å²) in [5, 5.41) is 2.68. The number of aromatic amines is 2. The molecule has 0 amide bonds. The van der Waals surface area contributed by atoms with Crippen LogP contribution in [0.5, 0.6) is 92.0 Å². The standard InChI is InChI=1S/C64H50N8O12/c1-73-33-13-21-49(77-5)53(29-33)81-37-9-17-41-45(25-37)61-65-57(41)70-62-47-27-39(83-55-31-35(75-3)15-23-51(55)79-7)11-19-43(47)59(67-62)72-64-48-28-40(84-56-32-36(76-4)16-24-52(56)80-8)12-20-44(48)60(68-64)71-63-46-26-38(10-18-42(46)58(66-63)69-61)82-54-30-34(74-2)14-22-50(54)78-6/h9-32H,1-8H3,(H2,65,66,67,68,69,70,71,72). The molecule has 2 N–H and O–H groups in total. The minimum Gasteiger partial charge on any atom is -0.497 e. The van der Waals surface area contributed by atoms with Crippen molar-refractivity contribution in [3.8, 4) is 138 Å². The largest absolute Gasteiger partial charge is 0.497 e. The van der Waals surface area contributed by atoms with Gasteiger partial charge in [0.1, 0.15) is 68.6 Å². The third-order valence-electron chi connectivity index (χ3n) is 14.1. The maximum Gasteiger partial charge on any atom is 0.172 e. The molecular weight excluding hydrogens is 1070 g/mol. The highest BCUT2D eigenvalue weighted by Gasteiger charge is 2.26. The average molecular weight is 1120 g/mol. The van der Waals surface area contributed by atoms with Crippen LogP contribution in [-0.4, -0.2) is 96.8 Å². The van der Waals surface area contributed by atoms with Gasteiger partial charge >= 0.3 is 0 Å². The van der Waals surface area contributed by atoms with Crippen molar-refractivity contribution in [3.05, 3.63) is 146 Å². The van der Waals surface area contributed by atoms with Gasteiger partial charge in [-0.15, -0.1) is 0 Å². The van der Waals surface area contributed by atoms with Gasteiger partial charge in [0.25, 0.3) is 0 Å². The molecule has 84 heavy (non-hydrogen) atoms. The van der Waals surface area contributed by atoms with Crippen LogP contribution in [0, 0.1) is 0 Å². The van der Waals surface area contributed by atoms with E-state index in [0.29, 0.717) is 182 Å². The number of nitrogens with one attached hydrogen (secondary N) is 2. The number of ether oxygens (including phenoxy) is 12. The van der Waals surface area contributed by atoms with Gasteiger partial charge in [-0.2, -0.15) is 0 Å². The highest BCUT2D eigenvalue weighted by atomic mass is 16.5. The Balaban J connectivity index is 1.07. The molecule has 0 radical (unpaired) electrons. The van der Waals surface area contributed by atoms with E-state index < -0.39 is 0 Å². The highest BCUT2D eigenvalue weighted by Crippen LogP contribution is 2.45. The molecule has 20 nitrogen and oxygen atoms in total. The van der Waals surface area contributed by atoms with Gasteiger partial charge in [-0.25, -0.2) is 29.9 Å². The Hall–Kier alpha value is -11.3. The molecule has 13 rings (SSSR count). The van der Waals surface area contributed by atoms with Crippen LogP contribution >= 0.6 is 0 Å². The Labute approximate surface area is 479 Å². The molecule has 0 fully saturated rings. The number of nitrogens with zero attached hydrogens (tertiary/aromatic N) is 6. The van der Waals surface area contributed by atoms with Crippen molar-refractivity contribution >= 4 is 44.1 Å². The summed E-state index contributed by atoms with van der Waals surface area (Å²) in [5.41, 5.74) is 4.25. The Bertz CT molecular complexity index is 4310. The molecule has 0 spiro atoms. The summed E-state index contributed by atoms with van der Waals surface area (Å²) in [4.78, 5) is 38.6. The number of aromatic nitrogens is 8. The van der Waals surface area contributed by atoms with Gasteiger partial charge in [0.2, 0.25) is 0 Å². The summed E-state index contributed by atoms with van der Waals surface area (Å²) in [5.74, 6) is 9.36. The average Bonchev–Trinajstić information content (AvgIpc) is 3.18. The second-order valence-electron chi connectivity index (χ2n) is 18.9. The molecule has 2 aliphatic rings. The molecule has 0 saturated heterocycles. The van der Waals surface area contributed by atoms with Crippen LogP contribution in [0.2, 0.25) is 0 Å². The molecule has 0 saturated carbocycles. The summed E-state index contributed by atoms with van der Waals surface area (Å²) in [6.45, 7) is 0. The smallest absolute Gasteiger partial charge is 0.172 e. The van der Waals surface area contributed by atoms with Crippen molar-refractivity contribution in [1.82, 2.24) is 39.9 Å². The van der Waals surface area contributed by atoms with Crippen LogP contribution in [0.1, 0.15) is 0 Å². The van der Waals surface area contributed by atoms with Crippen LogP contribution in [0.15, 0.2) is 146 Å². The fourth-order valence-electron chi connectivity index (χ4n) is 9.93. The maximum absolute atomic E-state index is 6.53. The summed E-state index contributed by atoms with van der Waals surface area (Å²) in [6.07, 6.45) is 0. The number of H-pyrrole nitrogens is 2. The highest BCUT2D eigenvalue weighted by molar-refractivity contribution is 6.07. The van der Waals surface area contributed by atoms with E-state index in [-0.39, 0.29) is 0 Å². The minimum atomic E-state index is 0.323. The van der Waals surface area contributed by atoms with Gasteiger partial charge in [-0.1, -0.05) is 0 Å². The molecule has 0 aliphatic carbocycles. The zero-order chi connectivity index (χ0) is 57.6. The molecule has 3 aromatic heterocycles. The van der Waals surface area contributed by atoms with E-state index in [1.54, 1.807) is 130 Å². The van der Waals surface area contributed by atoms with Crippen molar-refractivity contribution in [2.75, 3.05) is 56.9 Å². The van der Waals surface area contributed by atoms with Crippen molar-refractivity contribution in [3.63, 3.8) is 0 Å². The van der Waals surface area contributed by atoms with Gasteiger partial charge in [0.15, 0.2) is 69.3 Å². The Morgan fingerprint density at radius 1 is 0.226 bits per heavy atom. The van der Waals surface area contributed by atoms with Crippen LogP contribution < -0.4 is 56.8 Å². The Kier molecular flexibility index (Phi) is 13.4. The van der Waals surface area contributed by atoms with Crippen LogP contribution in [-0.2, 0) is 0 Å². The lowest BCUT2D eigenvalue weighted by Gasteiger charge is -2.12. The number of rotatable bonds is 16. The third kappa shape index (κ3) is 9.65. The zero-order valence-corrected chi connectivity index (χ0v) is 46.4. The second-order valence-corrected chi connectivity index (χ2v) is 18.9. The molecule has 8 bridgehead atoms. The molecule has 0 atom stereocenters. The molecule has 0 unspecified atom stereocenters. The van der Waals surface area contributed by atoms with E-state index in [9.17, 15) is 0 Å². The first-order chi connectivity index (χ1) is 41.1. The van der Waals surface area contributed by atoms with Gasteiger partial charge in [-0.3, -0.25) is 0 Å². The molecule has 5 heterocycles. The van der Waals surface area contributed by atoms with Crippen molar-refractivity contribution in [1.29, 1.82) is 0 Å². The normalized spacial score (nSPS) is 11.3. The molecule has 11 aromatic rings. The third-order valence-corrected chi connectivity index (χ3v) is 14.1. The van der Waals surface area contributed by atoms with Gasteiger partial charge in [0, 0.05) is 68.1 Å². The lowest BCUT2D eigenvalue weighted by atomic mass is 10.1. The monoisotopic (exact) mass is 1120 g/mol. The second kappa shape index (κ2) is 21.6. The van der Waals surface area contributed by atoms with E-state index in [1.807, 2.05) is 72.8 Å². The first kappa shape index (κ1) is 52.1.